The maximum absolute atomic E-state index is 12.0. The van der Waals surface area contributed by atoms with Crippen molar-refractivity contribution in [3.63, 3.8) is 0 Å². The van der Waals surface area contributed by atoms with Crippen molar-refractivity contribution in [3.8, 4) is 0 Å². The summed E-state index contributed by atoms with van der Waals surface area (Å²) in [4.78, 5) is 15.3. The molecule has 3 heterocycles. The third kappa shape index (κ3) is 2.39. The summed E-state index contributed by atoms with van der Waals surface area (Å²) in [6.45, 7) is 11.7. The van der Waals surface area contributed by atoms with E-state index in [4.69, 9.17) is 0 Å². The van der Waals surface area contributed by atoms with Crippen LogP contribution in [0.5, 0.6) is 0 Å². The van der Waals surface area contributed by atoms with Gasteiger partial charge in [-0.05, 0) is 0 Å². The molecule has 0 unspecified atom stereocenters. The largest absolute Gasteiger partial charge is 0.340 e. The minimum atomic E-state index is -2.94. The number of hydrogen-bond donors (Lipinski definition) is 0. The molecule has 2 aliphatic rings. The highest BCUT2D eigenvalue weighted by Gasteiger charge is 2.60. The highest BCUT2D eigenvalue weighted by Crippen LogP contribution is 2.53. The van der Waals surface area contributed by atoms with Crippen LogP contribution in [0.3, 0.4) is 0 Å². The van der Waals surface area contributed by atoms with Crippen molar-refractivity contribution in [1.82, 2.24) is 15.0 Å². The van der Waals surface area contributed by atoms with Crippen LogP contribution in [-0.2, 0) is 15.3 Å². The zero-order valence-corrected chi connectivity index (χ0v) is 14.7. The number of nitrogens with zero attached hydrogens (tertiary/aromatic N) is 4. The van der Waals surface area contributed by atoms with E-state index in [2.05, 4.69) is 54.5 Å². The first-order valence-electron chi connectivity index (χ1n) is 7.59. The van der Waals surface area contributed by atoms with E-state index in [1.54, 1.807) is 6.33 Å². The van der Waals surface area contributed by atoms with Gasteiger partial charge in [0, 0.05) is 29.3 Å². The monoisotopic (exact) mass is 324 g/mol. The standard InChI is InChI=1S/C15H24N4O2S/c1-13(2,3)11-16-10-17-12(18-11)19-6-14(4)8-22(20,21)9-15(14,5)7-19/h10H,6-9H2,1-5H3/t14-,15+. The average molecular weight is 324 g/mol. The first kappa shape index (κ1) is 15.6. The minimum absolute atomic E-state index is 0.134. The van der Waals surface area contributed by atoms with Gasteiger partial charge in [-0.1, -0.05) is 34.6 Å². The summed E-state index contributed by atoms with van der Waals surface area (Å²) in [5, 5.41) is 0. The molecule has 7 heteroatoms. The third-order valence-electron chi connectivity index (χ3n) is 5.13. The van der Waals surface area contributed by atoms with Crippen LogP contribution in [0.25, 0.3) is 0 Å². The van der Waals surface area contributed by atoms with E-state index in [-0.39, 0.29) is 27.8 Å². The number of hydrogen-bond acceptors (Lipinski definition) is 6. The van der Waals surface area contributed by atoms with Crippen molar-refractivity contribution in [2.45, 2.75) is 40.0 Å². The molecule has 122 valence electrons. The smallest absolute Gasteiger partial charge is 0.228 e. The van der Waals surface area contributed by atoms with Gasteiger partial charge in [-0.2, -0.15) is 4.98 Å². The van der Waals surface area contributed by atoms with Crippen LogP contribution in [0, 0.1) is 10.8 Å². The molecule has 1 aromatic heterocycles. The van der Waals surface area contributed by atoms with Crippen molar-refractivity contribution in [3.05, 3.63) is 12.2 Å². The topological polar surface area (TPSA) is 76.1 Å². The molecule has 0 saturated carbocycles. The van der Waals surface area contributed by atoms with Crippen LogP contribution in [0.2, 0.25) is 0 Å². The number of rotatable bonds is 1. The van der Waals surface area contributed by atoms with Gasteiger partial charge in [0.2, 0.25) is 5.95 Å². The highest BCUT2D eigenvalue weighted by atomic mass is 32.2. The minimum Gasteiger partial charge on any atom is -0.340 e. The van der Waals surface area contributed by atoms with Gasteiger partial charge in [-0.25, -0.2) is 18.4 Å². The van der Waals surface area contributed by atoms with Crippen molar-refractivity contribution < 1.29 is 8.42 Å². The Labute approximate surface area is 132 Å². The van der Waals surface area contributed by atoms with E-state index in [1.807, 2.05) is 0 Å². The summed E-state index contributed by atoms with van der Waals surface area (Å²) in [5.41, 5.74) is -0.606. The van der Waals surface area contributed by atoms with Gasteiger partial charge in [0.15, 0.2) is 9.84 Å². The Morgan fingerprint density at radius 2 is 1.64 bits per heavy atom. The lowest BCUT2D eigenvalue weighted by atomic mass is 9.71. The first-order valence-corrected chi connectivity index (χ1v) is 9.41. The van der Waals surface area contributed by atoms with Crippen LogP contribution in [0.1, 0.15) is 40.4 Å². The quantitative estimate of drug-likeness (QED) is 0.778. The molecule has 2 atom stereocenters. The van der Waals surface area contributed by atoms with Gasteiger partial charge in [-0.15, -0.1) is 0 Å². The van der Waals surface area contributed by atoms with E-state index in [9.17, 15) is 8.42 Å². The maximum atomic E-state index is 12.0. The molecule has 0 aliphatic carbocycles. The van der Waals surface area contributed by atoms with E-state index in [0.717, 1.165) is 5.82 Å². The van der Waals surface area contributed by atoms with Crippen LogP contribution in [0.15, 0.2) is 6.33 Å². The molecule has 0 amide bonds. The zero-order valence-electron chi connectivity index (χ0n) is 13.9. The van der Waals surface area contributed by atoms with Gasteiger partial charge < -0.3 is 4.90 Å². The zero-order chi connectivity index (χ0) is 16.4. The number of aromatic nitrogens is 3. The summed E-state index contributed by atoms with van der Waals surface area (Å²) in [6, 6.07) is 0. The summed E-state index contributed by atoms with van der Waals surface area (Å²) >= 11 is 0. The molecule has 2 saturated heterocycles. The number of sulfone groups is 1. The molecule has 2 fully saturated rings. The maximum Gasteiger partial charge on any atom is 0.228 e. The van der Waals surface area contributed by atoms with Crippen LogP contribution in [-0.4, -0.2) is 48.0 Å². The molecule has 0 bridgehead atoms. The lowest BCUT2D eigenvalue weighted by Crippen LogP contribution is -2.34. The van der Waals surface area contributed by atoms with Crippen LogP contribution < -0.4 is 4.90 Å². The van der Waals surface area contributed by atoms with Gasteiger partial charge in [0.25, 0.3) is 0 Å². The Morgan fingerprint density at radius 1 is 1.09 bits per heavy atom. The second kappa shape index (κ2) is 4.40. The Balaban J connectivity index is 1.92. The van der Waals surface area contributed by atoms with E-state index >= 15 is 0 Å². The second-order valence-corrected chi connectivity index (χ2v) is 10.4. The fourth-order valence-electron chi connectivity index (χ4n) is 3.68. The lowest BCUT2D eigenvalue weighted by molar-refractivity contribution is 0.212. The Morgan fingerprint density at radius 3 is 2.14 bits per heavy atom. The van der Waals surface area contributed by atoms with Gasteiger partial charge in [0.05, 0.1) is 11.5 Å². The third-order valence-corrected chi connectivity index (χ3v) is 7.28. The lowest BCUT2D eigenvalue weighted by Gasteiger charge is -2.29. The number of fused-ring (bicyclic) bond motifs is 1. The van der Waals surface area contributed by atoms with Crippen LogP contribution in [0.4, 0.5) is 5.95 Å². The van der Waals surface area contributed by atoms with Crippen LogP contribution >= 0.6 is 0 Å². The first-order chi connectivity index (χ1) is 9.94. The molecule has 0 radical (unpaired) electrons. The van der Waals surface area contributed by atoms with E-state index in [1.165, 1.54) is 0 Å². The molecular weight excluding hydrogens is 300 g/mol. The predicted octanol–water partition coefficient (Wildman–Crippen LogP) is 1.43. The van der Waals surface area contributed by atoms with Gasteiger partial charge in [0.1, 0.15) is 12.2 Å². The van der Waals surface area contributed by atoms with E-state index < -0.39 is 9.84 Å². The fourth-order valence-corrected chi connectivity index (χ4v) is 6.61. The molecule has 22 heavy (non-hydrogen) atoms. The molecule has 0 aromatic carbocycles. The molecule has 3 rings (SSSR count). The molecular formula is C15H24N4O2S. The predicted molar refractivity (Wildman–Crippen MR) is 85.6 cm³/mol. The molecule has 1 aromatic rings. The molecule has 0 spiro atoms. The van der Waals surface area contributed by atoms with Crippen molar-refractivity contribution in [2.24, 2.45) is 10.8 Å². The summed E-state index contributed by atoms with van der Waals surface area (Å²) < 4.78 is 24.0. The van der Waals surface area contributed by atoms with Crippen molar-refractivity contribution in [1.29, 1.82) is 0 Å². The van der Waals surface area contributed by atoms with Gasteiger partial charge >= 0.3 is 0 Å². The molecule has 6 nitrogen and oxygen atoms in total. The number of anilines is 1. The Bertz CT molecular complexity index is 686. The molecule has 2 aliphatic heterocycles. The second-order valence-electron chi connectivity index (χ2n) is 8.37. The van der Waals surface area contributed by atoms with Crippen molar-refractivity contribution in [2.75, 3.05) is 29.5 Å². The average Bonchev–Trinajstić information content (AvgIpc) is 2.67. The summed E-state index contributed by atoms with van der Waals surface area (Å²) in [7, 11) is -2.94. The Kier molecular flexibility index (Phi) is 3.13. The fraction of sp³-hybridized carbons (Fsp3) is 0.800. The molecule has 0 N–H and O–H groups in total. The van der Waals surface area contributed by atoms with Crippen molar-refractivity contribution >= 4 is 15.8 Å². The highest BCUT2D eigenvalue weighted by molar-refractivity contribution is 7.91. The van der Waals surface area contributed by atoms with Gasteiger partial charge in [-0.3, -0.25) is 0 Å². The van der Waals surface area contributed by atoms with E-state index in [0.29, 0.717) is 19.0 Å². The summed E-state index contributed by atoms with van der Waals surface area (Å²) in [6.07, 6.45) is 1.55. The summed E-state index contributed by atoms with van der Waals surface area (Å²) in [5.74, 6) is 1.93. The normalized spacial score (nSPS) is 34.0. The Hall–Kier alpha value is -1.24. The SMILES string of the molecule is CC(C)(C)c1ncnc(N2C[C@@]3(C)CS(=O)(=O)C[C@@]3(C)C2)n1.